The fourth-order valence-electron chi connectivity index (χ4n) is 2.11. The van der Waals surface area contributed by atoms with Gasteiger partial charge in [0, 0.05) is 7.11 Å². The third-order valence-corrected chi connectivity index (χ3v) is 3.20. The van der Waals surface area contributed by atoms with Crippen molar-refractivity contribution in [3.63, 3.8) is 0 Å². The molecule has 0 radical (unpaired) electrons. The number of hydrogen-bond donors (Lipinski definition) is 0. The van der Waals surface area contributed by atoms with Crippen molar-refractivity contribution in [1.82, 2.24) is 0 Å². The molecule has 128 valence electrons. The Balaban J connectivity index is 2.14. The second kappa shape index (κ2) is 9.26. The number of methoxy groups -OCH3 is 1. The van der Waals surface area contributed by atoms with E-state index in [1.807, 2.05) is 36.4 Å². The molecule has 0 aliphatic carbocycles. The first-order chi connectivity index (χ1) is 12.1. The molecule has 25 heavy (non-hydrogen) atoms. The second-order valence-corrected chi connectivity index (χ2v) is 5.33. The molecule has 0 amide bonds. The van der Waals surface area contributed by atoms with E-state index in [0.29, 0.717) is 17.1 Å². The van der Waals surface area contributed by atoms with Crippen LogP contribution < -0.4 is 4.74 Å². The number of rotatable bonds is 7. The van der Waals surface area contributed by atoms with Crippen LogP contribution in [0.25, 0.3) is 6.08 Å². The van der Waals surface area contributed by atoms with Gasteiger partial charge in [0.1, 0.15) is 29.2 Å². The molecule has 5 nitrogen and oxygen atoms in total. The van der Waals surface area contributed by atoms with Gasteiger partial charge in [-0.3, -0.25) is 0 Å². The van der Waals surface area contributed by atoms with Gasteiger partial charge in [0.25, 0.3) is 0 Å². The Morgan fingerprint density at radius 3 is 2.56 bits per heavy atom. The number of carbonyl (C=O) groups excluding carboxylic acids is 1. The maximum atomic E-state index is 12.0. The molecule has 5 heteroatoms. The third kappa shape index (κ3) is 5.79. The van der Waals surface area contributed by atoms with Crippen molar-refractivity contribution in [2.24, 2.45) is 0 Å². The average Bonchev–Trinajstić information content (AvgIpc) is 2.61. The molecular weight excluding hydrogens is 318 g/mol. The van der Waals surface area contributed by atoms with Crippen molar-refractivity contribution >= 4 is 12.0 Å². The highest BCUT2D eigenvalue weighted by atomic mass is 16.6. The summed E-state index contributed by atoms with van der Waals surface area (Å²) >= 11 is 0. The fourth-order valence-corrected chi connectivity index (χ4v) is 2.11. The molecule has 0 saturated heterocycles. The smallest absolute Gasteiger partial charge is 0.349 e. The fraction of sp³-hybridized carbons (Fsp3) is 0.200. The minimum atomic E-state index is -0.679. The monoisotopic (exact) mass is 337 g/mol. The van der Waals surface area contributed by atoms with Crippen LogP contribution in [-0.4, -0.2) is 25.8 Å². The van der Waals surface area contributed by atoms with Crippen LogP contribution in [0.3, 0.4) is 0 Å². The molecule has 0 saturated carbocycles. The van der Waals surface area contributed by atoms with Crippen molar-refractivity contribution in [1.29, 1.82) is 5.26 Å². The van der Waals surface area contributed by atoms with E-state index >= 15 is 0 Å². The van der Waals surface area contributed by atoms with Crippen LogP contribution in [0.1, 0.15) is 12.5 Å². The Bertz CT molecular complexity index is 778. The number of carbonyl (C=O) groups is 1. The van der Waals surface area contributed by atoms with Crippen LogP contribution in [0.2, 0.25) is 0 Å². The Labute approximate surface area is 147 Å². The number of para-hydroxylation sites is 1. The molecule has 2 aromatic carbocycles. The second-order valence-electron chi connectivity index (χ2n) is 5.33. The van der Waals surface area contributed by atoms with Gasteiger partial charge in [0.15, 0.2) is 0 Å². The van der Waals surface area contributed by atoms with Gasteiger partial charge in [-0.1, -0.05) is 30.3 Å². The Morgan fingerprint density at radius 1 is 1.16 bits per heavy atom. The maximum absolute atomic E-state index is 12.0. The number of nitriles is 1. The van der Waals surface area contributed by atoms with Gasteiger partial charge in [0.05, 0.1) is 6.61 Å². The van der Waals surface area contributed by atoms with Crippen LogP contribution >= 0.6 is 0 Å². The molecule has 0 heterocycles. The number of esters is 1. The van der Waals surface area contributed by atoms with Crippen molar-refractivity contribution in [3.8, 4) is 17.6 Å². The van der Waals surface area contributed by atoms with E-state index in [2.05, 4.69) is 0 Å². The molecule has 0 spiro atoms. The van der Waals surface area contributed by atoms with Gasteiger partial charge in [0.2, 0.25) is 0 Å². The largest absolute Gasteiger partial charge is 0.457 e. The van der Waals surface area contributed by atoms with Crippen LogP contribution in [-0.2, 0) is 14.3 Å². The molecule has 2 rings (SSSR count). The predicted molar refractivity (Wildman–Crippen MR) is 94.0 cm³/mol. The lowest BCUT2D eigenvalue weighted by Gasteiger charge is -2.11. The van der Waals surface area contributed by atoms with E-state index in [1.54, 1.807) is 31.2 Å². The normalized spacial score (nSPS) is 12.1. The topological polar surface area (TPSA) is 68.5 Å². The molecule has 0 aliphatic rings. The van der Waals surface area contributed by atoms with Crippen LogP contribution in [0.15, 0.2) is 60.2 Å². The van der Waals surface area contributed by atoms with Gasteiger partial charge in [-0.2, -0.15) is 5.26 Å². The summed E-state index contributed by atoms with van der Waals surface area (Å²) in [6, 6.07) is 18.3. The lowest BCUT2D eigenvalue weighted by molar-refractivity contribution is -0.145. The quantitative estimate of drug-likeness (QED) is 0.434. The van der Waals surface area contributed by atoms with Crippen LogP contribution in [0, 0.1) is 11.3 Å². The van der Waals surface area contributed by atoms with Crippen LogP contribution in [0.4, 0.5) is 0 Å². The first kappa shape index (κ1) is 18.2. The first-order valence-electron chi connectivity index (χ1n) is 7.77. The molecule has 2 aromatic rings. The summed E-state index contributed by atoms with van der Waals surface area (Å²) in [5, 5.41) is 9.22. The van der Waals surface area contributed by atoms with Gasteiger partial charge in [-0.25, -0.2) is 4.79 Å². The standard InChI is InChI=1S/C20H19NO4/c1-15(14-23-2)24-20(22)17(13-21)11-16-7-6-10-19(12-16)25-18-8-4-3-5-9-18/h3-12,15H,14H2,1-2H3/b17-11+/t15-/m0/s1. The molecule has 1 atom stereocenters. The summed E-state index contributed by atoms with van der Waals surface area (Å²) in [5.41, 5.74) is 0.584. The highest BCUT2D eigenvalue weighted by molar-refractivity contribution is 5.98. The highest BCUT2D eigenvalue weighted by Gasteiger charge is 2.14. The zero-order valence-electron chi connectivity index (χ0n) is 14.1. The number of hydrogen-bond acceptors (Lipinski definition) is 5. The summed E-state index contributed by atoms with van der Waals surface area (Å²) in [6.45, 7) is 1.97. The molecule has 0 bridgehead atoms. The van der Waals surface area contributed by atoms with E-state index in [9.17, 15) is 10.1 Å². The Hall–Kier alpha value is -3.10. The van der Waals surface area contributed by atoms with Crippen molar-refractivity contribution in [2.45, 2.75) is 13.0 Å². The van der Waals surface area contributed by atoms with Gasteiger partial charge in [-0.15, -0.1) is 0 Å². The lowest BCUT2D eigenvalue weighted by Crippen LogP contribution is -2.20. The number of ether oxygens (including phenoxy) is 3. The Morgan fingerprint density at radius 2 is 1.88 bits per heavy atom. The van der Waals surface area contributed by atoms with Gasteiger partial charge >= 0.3 is 5.97 Å². The summed E-state index contributed by atoms with van der Waals surface area (Å²) in [4.78, 5) is 12.0. The maximum Gasteiger partial charge on any atom is 0.349 e. The summed E-state index contributed by atoms with van der Waals surface area (Å²) in [5.74, 6) is 0.636. The summed E-state index contributed by atoms with van der Waals surface area (Å²) < 4.78 is 15.8. The zero-order chi connectivity index (χ0) is 18.1. The van der Waals surface area contributed by atoms with Crippen molar-refractivity contribution < 1.29 is 19.0 Å². The average molecular weight is 337 g/mol. The summed E-state index contributed by atoms with van der Waals surface area (Å²) in [6.07, 6.45) is 1.04. The van der Waals surface area contributed by atoms with Gasteiger partial charge < -0.3 is 14.2 Å². The molecule has 0 aromatic heterocycles. The minimum Gasteiger partial charge on any atom is -0.457 e. The number of benzene rings is 2. The van der Waals surface area contributed by atoms with E-state index < -0.39 is 12.1 Å². The number of nitrogens with zero attached hydrogens (tertiary/aromatic N) is 1. The lowest BCUT2D eigenvalue weighted by atomic mass is 10.1. The Kier molecular flexibility index (Phi) is 6.76. The molecular formula is C20H19NO4. The van der Waals surface area contributed by atoms with Crippen LogP contribution in [0.5, 0.6) is 11.5 Å². The molecule has 0 aliphatic heterocycles. The highest BCUT2D eigenvalue weighted by Crippen LogP contribution is 2.23. The SMILES string of the molecule is COC[C@H](C)OC(=O)/C(C#N)=C/c1cccc(Oc2ccccc2)c1. The van der Waals surface area contributed by atoms with Crippen molar-refractivity contribution in [3.05, 3.63) is 65.7 Å². The summed E-state index contributed by atoms with van der Waals surface area (Å²) in [7, 11) is 1.52. The first-order valence-corrected chi connectivity index (χ1v) is 7.77. The van der Waals surface area contributed by atoms with E-state index in [-0.39, 0.29) is 12.2 Å². The predicted octanol–water partition coefficient (Wildman–Crippen LogP) is 3.96. The molecule has 0 N–H and O–H groups in total. The third-order valence-electron chi connectivity index (χ3n) is 3.20. The van der Waals surface area contributed by atoms with Gasteiger partial charge in [-0.05, 0) is 42.8 Å². The molecule has 0 fully saturated rings. The minimum absolute atomic E-state index is 0.0835. The van der Waals surface area contributed by atoms with E-state index in [0.717, 1.165) is 0 Å². The van der Waals surface area contributed by atoms with Crippen molar-refractivity contribution in [2.75, 3.05) is 13.7 Å². The molecule has 0 unspecified atom stereocenters. The van der Waals surface area contributed by atoms with E-state index in [4.69, 9.17) is 14.2 Å². The zero-order valence-corrected chi connectivity index (χ0v) is 14.1. The van der Waals surface area contributed by atoms with E-state index in [1.165, 1.54) is 13.2 Å².